The second-order valence-electron chi connectivity index (χ2n) is 11.0. The number of terminal acetylenes is 1. The zero-order valence-corrected chi connectivity index (χ0v) is 19.3. The van der Waals surface area contributed by atoms with E-state index < -0.39 is 35.9 Å². The molecule has 4 rings (SSSR count). The smallest absolute Gasteiger partial charge is 0.318 e. The number of amides is 3. The normalized spacial score (nSPS) is 25.1. The summed E-state index contributed by atoms with van der Waals surface area (Å²) in [7, 11) is 0. The number of hydrogen-bond donors (Lipinski definition) is 2. The van der Waals surface area contributed by atoms with Gasteiger partial charge in [-0.3, -0.25) is 4.79 Å². The van der Waals surface area contributed by atoms with Gasteiger partial charge in [0.1, 0.15) is 11.6 Å². The van der Waals surface area contributed by atoms with Gasteiger partial charge in [0.05, 0.1) is 0 Å². The molecule has 6 nitrogen and oxygen atoms in total. The topological polar surface area (TPSA) is 64.7 Å². The molecular formula is C24H36F2N4O2. The number of rotatable bonds is 8. The molecular weight excluding hydrogens is 414 g/mol. The largest absolute Gasteiger partial charge is 0.338 e. The minimum atomic E-state index is -3.05. The predicted molar refractivity (Wildman–Crippen MR) is 118 cm³/mol. The molecule has 1 spiro atoms. The third-order valence-corrected chi connectivity index (χ3v) is 7.47. The fourth-order valence-corrected chi connectivity index (χ4v) is 5.21. The first-order valence-electron chi connectivity index (χ1n) is 12.0. The number of carbonyl (C=O) groups excluding carboxylic acids is 2. The quantitative estimate of drug-likeness (QED) is 0.559. The summed E-state index contributed by atoms with van der Waals surface area (Å²) in [5.41, 5.74) is -0.604. The number of alkyl halides is 2. The molecule has 0 unspecified atom stereocenters. The fourth-order valence-electron chi connectivity index (χ4n) is 5.21. The van der Waals surface area contributed by atoms with Crippen LogP contribution in [0.25, 0.3) is 0 Å². The molecule has 2 aliphatic heterocycles. The molecule has 2 saturated carbocycles. The van der Waals surface area contributed by atoms with Crippen LogP contribution in [0.2, 0.25) is 0 Å². The number of nitrogens with one attached hydrogen (secondary N) is 2. The Bertz CT molecular complexity index is 769. The van der Waals surface area contributed by atoms with Gasteiger partial charge in [-0.25, -0.2) is 13.6 Å². The Hall–Kier alpha value is -1.88. The standard InChI is InChI=1S/C24H36F2N4O2/c1-4-23(7-8-23)28-20(31)19(14-24(25,26)13-17(2)3)27-21(32)30-15-22(16-30)9-11-29(12-10-22)18-5-6-18/h1,17-19H,5-16H2,2-3H3,(H,27,32)(H,28,31)/t19-/m0/s1. The van der Waals surface area contributed by atoms with Crippen LogP contribution in [0.1, 0.15) is 65.2 Å². The van der Waals surface area contributed by atoms with Gasteiger partial charge < -0.3 is 20.4 Å². The van der Waals surface area contributed by atoms with E-state index in [-0.39, 0.29) is 17.8 Å². The highest BCUT2D eigenvalue weighted by Crippen LogP contribution is 2.43. The van der Waals surface area contributed by atoms with E-state index in [2.05, 4.69) is 21.5 Å². The van der Waals surface area contributed by atoms with Gasteiger partial charge in [0.25, 0.3) is 5.92 Å². The molecule has 0 radical (unpaired) electrons. The summed E-state index contributed by atoms with van der Waals surface area (Å²) >= 11 is 0. The number of urea groups is 1. The lowest BCUT2D eigenvalue weighted by molar-refractivity contribution is -0.127. The van der Waals surface area contributed by atoms with Crippen molar-refractivity contribution in [2.45, 2.75) is 88.8 Å². The summed E-state index contributed by atoms with van der Waals surface area (Å²) in [6.07, 6.45) is 10.4. The number of piperidine rings is 1. The highest BCUT2D eigenvalue weighted by Gasteiger charge is 2.50. The summed E-state index contributed by atoms with van der Waals surface area (Å²) < 4.78 is 29.1. The first kappa shape index (κ1) is 23.3. The van der Waals surface area contributed by atoms with E-state index in [4.69, 9.17) is 6.42 Å². The van der Waals surface area contributed by atoms with Crippen LogP contribution >= 0.6 is 0 Å². The molecule has 0 bridgehead atoms. The van der Waals surface area contributed by atoms with E-state index in [1.165, 1.54) is 12.8 Å². The summed E-state index contributed by atoms with van der Waals surface area (Å²) in [6, 6.07) is -0.988. The summed E-state index contributed by atoms with van der Waals surface area (Å²) in [4.78, 5) is 29.9. The molecule has 0 aromatic heterocycles. The molecule has 4 aliphatic rings. The third kappa shape index (κ3) is 5.36. The first-order chi connectivity index (χ1) is 15.0. The van der Waals surface area contributed by atoms with Crippen LogP contribution < -0.4 is 10.6 Å². The van der Waals surface area contributed by atoms with Crippen LogP contribution in [0.5, 0.6) is 0 Å². The molecule has 2 N–H and O–H groups in total. The Morgan fingerprint density at radius 2 is 1.75 bits per heavy atom. The highest BCUT2D eigenvalue weighted by atomic mass is 19.3. The minimum absolute atomic E-state index is 0.142. The molecule has 1 atom stereocenters. The molecule has 0 aromatic rings. The van der Waals surface area contributed by atoms with Crippen LogP contribution in [-0.2, 0) is 4.79 Å². The van der Waals surface area contributed by atoms with E-state index in [1.807, 2.05) is 0 Å². The summed E-state index contributed by atoms with van der Waals surface area (Å²) in [5.74, 6) is -1.35. The number of nitrogens with zero attached hydrogens (tertiary/aromatic N) is 2. The van der Waals surface area contributed by atoms with Crippen LogP contribution in [0.4, 0.5) is 13.6 Å². The Morgan fingerprint density at radius 3 is 2.25 bits per heavy atom. The average Bonchev–Trinajstić information content (AvgIpc) is 3.59. The van der Waals surface area contributed by atoms with E-state index in [0.29, 0.717) is 25.9 Å². The Labute approximate surface area is 189 Å². The van der Waals surface area contributed by atoms with Gasteiger partial charge in [0.2, 0.25) is 5.91 Å². The molecule has 32 heavy (non-hydrogen) atoms. The second-order valence-corrected chi connectivity index (χ2v) is 11.0. The van der Waals surface area contributed by atoms with Gasteiger partial charge >= 0.3 is 6.03 Å². The lowest BCUT2D eigenvalue weighted by Crippen LogP contribution is -2.65. The zero-order chi connectivity index (χ0) is 23.1. The first-order valence-corrected chi connectivity index (χ1v) is 12.0. The van der Waals surface area contributed by atoms with Gasteiger partial charge in [-0.15, -0.1) is 6.42 Å². The Morgan fingerprint density at radius 1 is 1.12 bits per heavy atom. The number of hydrogen-bond acceptors (Lipinski definition) is 3. The lowest BCUT2D eigenvalue weighted by atomic mass is 9.72. The van der Waals surface area contributed by atoms with Crippen molar-refractivity contribution >= 4 is 11.9 Å². The number of carbonyl (C=O) groups is 2. The van der Waals surface area contributed by atoms with Crippen molar-refractivity contribution in [3.05, 3.63) is 0 Å². The van der Waals surface area contributed by atoms with Crippen molar-refractivity contribution in [1.29, 1.82) is 0 Å². The number of likely N-dealkylation sites (tertiary alicyclic amines) is 2. The molecule has 2 aliphatic carbocycles. The summed E-state index contributed by atoms with van der Waals surface area (Å²) in [6.45, 7) is 6.83. The van der Waals surface area contributed by atoms with Gasteiger partial charge in [0, 0.05) is 37.4 Å². The molecule has 0 aromatic carbocycles. The zero-order valence-electron chi connectivity index (χ0n) is 19.3. The Kier molecular flexibility index (Phi) is 6.17. The van der Waals surface area contributed by atoms with Gasteiger partial charge in [-0.1, -0.05) is 19.8 Å². The third-order valence-electron chi connectivity index (χ3n) is 7.47. The van der Waals surface area contributed by atoms with Crippen molar-refractivity contribution in [3.8, 4) is 12.3 Å². The van der Waals surface area contributed by atoms with Crippen molar-refractivity contribution in [3.63, 3.8) is 0 Å². The summed E-state index contributed by atoms with van der Waals surface area (Å²) in [5, 5.41) is 5.30. The van der Waals surface area contributed by atoms with Crippen LogP contribution in [0.3, 0.4) is 0 Å². The maximum Gasteiger partial charge on any atom is 0.318 e. The van der Waals surface area contributed by atoms with Crippen molar-refractivity contribution in [2.24, 2.45) is 11.3 Å². The van der Waals surface area contributed by atoms with Crippen molar-refractivity contribution in [1.82, 2.24) is 20.4 Å². The van der Waals surface area contributed by atoms with Crippen LogP contribution in [0, 0.1) is 23.7 Å². The van der Waals surface area contributed by atoms with Crippen molar-refractivity contribution < 1.29 is 18.4 Å². The van der Waals surface area contributed by atoms with E-state index >= 15 is 0 Å². The van der Waals surface area contributed by atoms with Gasteiger partial charge in [-0.05, 0) is 57.5 Å². The molecule has 3 amide bonds. The van der Waals surface area contributed by atoms with E-state index in [0.717, 1.165) is 32.0 Å². The molecule has 8 heteroatoms. The molecule has 4 fully saturated rings. The van der Waals surface area contributed by atoms with Gasteiger partial charge in [0.15, 0.2) is 0 Å². The average molecular weight is 451 g/mol. The molecule has 2 saturated heterocycles. The number of halogens is 2. The maximum atomic E-state index is 14.6. The maximum absolute atomic E-state index is 14.6. The minimum Gasteiger partial charge on any atom is -0.338 e. The predicted octanol–water partition coefficient (Wildman–Crippen LogP) is 2.98. The van der Waals surface area contributed by atoms with E-state index in [9.17, 15) is 18.4 Å². The molecule has 2 heterocycles. The lowest BCUT2D eigenvalue weighted by Gasteiger charge is -2.54. The Balaban J connectivity index is 1.33. The second kappa shape index (κ2) is 8.48. The van der Waals surface area contributed by atoms with E-state index in [1.54, 1.807) is 18.7 Å². The van der Waals surface area contributed by atoms with Crippen LogP contribution in [0.15, 0.2) is 0 Å². The SMILES string of the molecule is C#CC1(NC(=O)[C@H](CC(F)(F)CC(C)C)NC(=O)N2CC3(CCN(C4CC4)CC3)C2)CC1. The fraction of sp³-hybridized carbons (Fsp3) is 0.833. The van der Waals surface area contributed by atoms with Gasteiger partial charge in [-0.2, -0.15) is 0 Å². The van der Waals surface area contributed by atoms with Crippen LogP contribution in [-0.4, -0.2) is 71.5 Å². The van der Waals surface area contributed by atoms with Crippen molar-refractivity contribution in [2.75, 3.05) is 26.2 Å². The molecule has 178 valence electrons. The highest BCUT2D eigenvalue weighted by molar-refractivity contribution is 5.88. The monoisotopic (exact) mass is 450 g/mol.